The van der Waals surface area contributed by atoms with Crippen LogP contribution >= 0.6 is 15.6 Å². The highest BCUT2D eigenvalue weighted by atomic mass is 31.2. The van der Waals surface area contributed by atoms with E-state index in [1.54, 1.807) is 0 Å². The molecule has 0 aromatic heterocycles. The number of amides is 2. The van der Waals surface area contributed by atoms with Crippen molar-refractivity contribution in [2.24, 2.45) is 0 Å². The van der Waals surface area contributed by atoms with E-state index < -0.39 is 271 Å². The van der Waals surface area contributed by atoms with Gasteiger partial charge in [0.25, 0.3) is 5.91 Å². The Morgan fingerprint density at radius 3 is 1.20 bits per heavy atom. The number of hydrogen-bond acceptors (Lipinski definition) is 40. The zero-order chi connectivity index (χ0) is 63.9. The Balaban J connectivity index is 1.20. The van der Waals surface area contributed by atoms with Crippen LogP contribution in [0.5, 0.6) is 0 Å². The molecule has 0 radical (unpaired) electrons. The zero-order valence-corrected chi connectivity index (χ0v) is 46.4. The van der Waals surface area contributed by atoms with Gasteiger partial charge in [-0.05, 0) is 0 Å². The molecule has 6 rings (SSSR count). The van der Waals surface area contributed by atoms with E-state index in [0.717, 1.165) is 0 Å². The van der Waals surface area contributed by atoms with Crippen LogP contribution in [0.2, 0.25) is 0 Å². The minimum atomic E-state index is -5.75. The first-order valence-electron chi connectivity index (χ1n) is 25.9. The van der Waals surface area contributed by atoms with Gasteiger partial charge in [-0.1, -0.05) is 0 Å². The van der Waals surface area contributed by atoms with Crippen LogP contribution in [0, 0.1) is 0 Å². The van der Waals surface area contributed by atoms with Crippen LogP contribution in [0.1, 0.15) is 6.42 Å². The first-order chi connectivity index (χ1) is 40.3. The minimum absolute atomic E-state index is 0.457. The maximum atomic E-state index is 12.5. The molecule has 30 atom stereocenters. The molecule has 86 heavy (non-hydrogen) atoms. The van der Waals surface area contributed by atoms with E-state index >= 15 is 0 Å². The van der Waals surface area contributed by atoms with Gasteiger partial charge in [0.1, 0.15) is 153 Å². The molecular weight excluding hydrogens is 1230 g/mol. The Bertz CT molecular complexity index is 2210. The summed E-state index contributed by atoms with van der Waals surface area (Å²) < 4.78 is 103. The molecule has 12 unspecified atom stereocenters. The Labute approximate surface area is 484 Å². The molecule has 44 heteroatoms. The summed E-state index contributed by atoms with van der Waals surface area (Å²) in [5, 5.41) is 184. The molecule has 6 aliphatic heterocycles. The molecule has 0 saturated carbocycles. The molecule has 0 spiro atoms. The van der Waals surface area contributed by atoms with E-state index in [2.05, 4.69) is 13.8 Å². The lowest BCUT2D eigenvalue weighted by Crippen LogP contribution is -2.67. The summed E-state index contributed by atoms with van der Waals surface area (Å²) in [5.74, 6) is -1.67. The van der Waals surface area contributed by atoms with Crippen LogP contribution in [0.25, 0.3) is 0 Å². The average molecular weight is 1300 g/mol. The number of carbonyl (C=O) groups excluding carboxylic acids is 2. The van der Waals surface area contributed by atoms with Crippen LogP contribution in [0.15, 0.2) is 0 Å². The third-order valence-electron chi connectivity index (χ3n) is 14.0. The lowest BCUT2D eigenvalue weighted by Gasteiger charge is -2.49. The quantitative estimate of drug-likeness (QED) is 0.0282. The van der Waals surface area contributed by atoms with Gasteiger partial charge in [-0.25, -0.2) is 0 Å². The summed E-state index contributed by atoms with van der Waals surface area (Å²) in [6.45, 7) is -7.73. The highest BCUT2D eigenvalue weighted by Gasteiger charge is 2.56. The van der Waals surface area contributed by atoms with E-state index in [-0.39, 0.29) is 0 Å². The molecule has 0 aliphatic carbocycles. The summed E-state index contributed by atoms with van der Waals surface area (Å²) in [6.07, 6.45) is -63.8. The first-order valence-corrected chi connectivity index (χ1v) is 28.8. The fraction of sp³-hybridized carbons (Fsp3) is 0.952. The molecule has 0 bridgehead atoms. The first kappa shape index (κ1) is 73.0. The van der Waals surface area contributed by atoms with Crippen molar-refractivity contribution < 1.29 is 196 Å². The topological polar surface area (TPSA) is 667 Å². The van der Waals surface area contributed by atoms with Gasteiger partial charge >= 0.3 is 0 Å². The van der Waals surface area contributed by atoms with Gasteiger partial charge in [0, 0.05) is 7.11 Å². The number of hydrogen-bond donors (Lipinski definition) is 19. The van der Waals surface area contributed by atoms with Crippen molar-refractivity contribution in [2.45, 2.75) is 191 Å². The molecular formula is C42H70N2O40P2-4. The smallest absolute Gasteiger partial charge is 0.264 e. The van der Waals surface area contributed by atoms with Gasteiger partial charge in [-0.2, -0.15) is 0 Å². The number of phosphoric acid groups is 2. The summed E-state index contributed by atoms with van der Waals surface area (Å²) >= 11 is 0. The van der Waals surface area contributed by atoms with Gasteiger partial charge in [-0.15, -0.1) is 0 Å². The van der Waals surface area contributed by atoms with E-state index in [1.807, 2.05) is 10.9 Å². The summed E-state index contributed by atoms with van der Waals surface area (Å²) in [5.41, 5.74) is 4.07. The molecule has 6 saturated heterocycles. The Hall–Kier alpha value is -2.04. The molecule has 19 N–H and O–H groups in total. The predicted octanol–water partition coefficient (Wildman–Crippen LogP) is -17.2. The maximum Gasteiger partial charge on any atom is 0.264 e. The van der Waals surface area contributed by atoms with Crippen molar-refractivity contribution in [1.82, 2.24) is 10.9 Å². The standard InChI is InChI=1S/C42H74N2O40P2/c1-70-10-18(48)44-43-17(47)2-3-71-38-33(63)34(82-42-36(29(59)20(50)12(5-46)77-42)84-40-32(62)27(57)23(53)16(81-40)9-75-86(67,68)69)24(54)14(79-38)7-72-37-30(60)25(55)21(51)13(78-37)6-73-41-35(28(58)19(49)11(4-45)76-41)83-39-31(61)26(56)22(52)15(80-39)8-74-85(64,65)66/h11-16,19-42,45-46,49-63H,2-10H2,1H3,(H,43,47)(H,44,48)(H2,64,65,66)(H2,67,68,69)/p-4/t11?,12?,13?,14?,15?,16?,19-,20-,21-,22-,23-,24-,25?,26?,27?,28+,29?,30-,31-,32-,33?,34+,35?,36-,37+,38-,39-,40-,41+,42-/m1/s1. The van der Waals surface area contributed by atoms with E-state index in [4.69, 9.17) is 56.8 Å². The minimum Gasteiger partial charge on any atom is -0.790 e. The number of hydrazine groups is 1. The van der Waals surface area contributed by atoms with Gasteiger partial charge in [0.15, 0.2) is 37.7 Å². The molecule has 42 nitrogen and oxygen atoms in total. The van der Waals surface area contributed by atoms with Crippen molar-refractivity contribution in [1.29, 1.82) is 0 Å². The summed E-state index contributed by atoms with van der Waals surface area (Å²) in [7, 11) is -10.3. The van der Waals surface area contributed by atoms with Crippen molar-refractivity contribution in [3.63, 3.8) is 0 Å². The monoisotopic (exact) mass is 1300 g/mol. The van der Waals surface area contributed by atoms with Crippen molar-refractivity contribution in [3.8, 4) is 0 Å². The van der Waals surface area contributed by atoms with Gasteiger partial charge in [0.05, 0.1) is 68.3 Å². The molecule has 6 heterocycles. The fourth-order valence-electron chi connectivity index (χ4n) is 9.32. The van der Waals surface area contributed by atoms with E-state index in [0.29, 0.717) is 0 Å². The highest BCUT2D eigenvalue weighted by Crippen LogP contribution is 2.37. The third-order valence-corrected chi connectivity index (χ3v) is 15.0. The zero-order valence-electron chi connectivity index (χ0n) is 44.6. The van der Waals surface area contributed by atoms with E-state index in [1.165, 1.54) is 7.11 Å². The van der Waals surface area contributed by atoms with Crippen molar-refractivity contribution in [2.75, 3.05) is 60.0 Å². The number of rotatable bonds is 26. The third kappa shape index (κ3) is 18.6. The number of nitrogens with one attached hydrogen (secondary N) is 2. The second-order valence-corrected chi connectivity index (χ2v) is 22.4. The summed E-state index contributed by atoms with van der Waals surface area (Å²) in [6, 6.07) is 0. The number of aliphatic hydroxyl groups is 17. The van der Waals surface area contributed by atoms with Crippen molar-refractivity contribution in [3.05, 3.63) is 0 Å². The Morgan fingerprint density at radius 1 is 0.395 bits per heavy atom. The molecule has 0 aromatic carbocycles. The second kappa shape index (κ2) is 32.0. The maximum absolute atomic E-state index is 12.5. The predicted molar refractivity (Wildman–Crippen MR) is 249 cm³/mol. The number of methoxy groups -OCH3 is 1. The normalized spacial score (nSPS) is 44.4. The Kier molecular flexibility index (Phi) is 27.2. The molecule has 0 aromatic rings. The lowest BCUT2D eigenvalue weighted by molar-refractivity contribution is -0.392. The van der Waals surface area contributed by atoms with Crippen LogP contribution in [-0.4, -0.2) is 343 Å². The van der Waals surface area contributed by atoms with E-state index in [9.17, 15) is 125 Å². The van der Waals surface area contributed by atoms with Crippen molar-refractivity contribution >= 4 is 27.5 Å². The molecule has 2 amide bonds. The van der Waals surface area contributed by atoms with Crippen LogP contribution in [0.3, 0.4) is 0 Å². The second-order valence-electron chi connectivity index (χ2n) is 20.1. The fourth-order valence-corrected chi connectivity index (χ4v) is 9.98. The van der Waals surface area contributed by atoms with Crippen LogP contribution in [0.4, 0.5) is 0 Å². The number of aliphatic hydroxyl groups excluding tert-OH is 17. The largest absolute Gasteiger partial charge is 0.790 e. The number of phosphoric ester groups is 2. The SMILES string of the molecule is COCC(=O)NNC(=O)CCO[C@@H]1OC(CO[C@H]2OC(CO[C@H]3OC(CO)[C@@H](O)[C@H](O)C3O[C@H]3OC(COP(=O)([O-])[O-])[C@@H](O)C(O)[C@H]3O)[C@@H](O)C(O)[C@H]2O)[C@@H](O)[C@H](O[C@H]2OC(CO)[C@@H](O)C(O)[C@H]2O[C@H]2OC(COP(=O)([O-])[O-])[C@@H](O)C(O)[C@H]2O)C1O. The lowest BCUT2D eigenvalue weighted by atomic mass is 9.96. The number of carbonyl (C=O) groups is 2. The van der Waals surface area contributed by atoms with Crippen LogP contribution in [-0.2, 0) is 89.3 Å². The van der Waals surface area contributed by atoms with Gasteiger partial charge < -0.3 is 186 Å². The Morgan fingerprint density at radius 2 is 0.744 bits per heavy atom. The molecule has 6 fully saturated rings. The highest BCUT2D eigenvalue weighted by molar-refractivity contribution is 7.43. The summed E-state index contributed by atoms with van der Waals surface area (Å²) in [4.78, 5) is 68.9. The molecule has 502 valence electrons. The van der Waals surface area contributed by atoms with Gasteiger partial charge in [0.2, 0.25) is 5.91 Å². The average Bonchev–Trinajstić information content (AvgIpc) is 1.54. The molecule has 6 aliphatic rings. The number of ether oxygens (including phenoxy) is 13. The van der Waals surface area contributed by atoms with Gasteiger partial charge in [-0.3, -0.25) is 20.4 Å². The van der Waals surface area contributed by atoms with Crippen LogP contribution < -0.4 is 30.4 Å².